The van der Waals surface area contributed by atoms with Gasteiger partial charge < -0.3 is 4.90 Å². The molecule has 10 aromatic rings. The summed E-state index contributed by atoms with van der Waals surface area (Å²) in [7, 11) is 0. The van der Waals surface area contributed by atoms with Gasteiger partial charge in [0, 0.05) is 53.6 Å². The van der Waals surface area contributed by atoms with Gasteiger partial charge in [-0.1, -0.05) is 199 Å². The molecule has 2 heteroatoms. The standard InChI is InChI=1S/C67H49NS/c1-7-44-48-34-32-42(38-59(48)65(3,4)54(44)8-2)68(43-33-35-49-46-18-9-13-24-55(46)66(5,6)60(49)39-43)41-30-28-40(29-31-41)45-22-17-23-51-47-19-10-14-25-56(47)67(63(45)51)57-26-15-11-21-53(57)62-58(67)37-36-52-50-20-12-16-27-61(50)69-64(52)62/h7-39H,1-2H2,3-6H3. The Bertz CT molecular complexity index is 3950. The Morgan fingerprint density at radius 2 is 0.986 bits per heavy atom. The maximum atomic E-state index is 4.25. The number of benzene rings is 9. The quantitative estimate of drug-likeness (QED) is 0.161. The topological polar surface area (TPSA) is 3.24 Å². The third kappa shape index (κ3) is 5.14. The van der Waals surface area contributed by atoms with Gasteiger partial charge in [0.1, 0.15) is 0 Å². The van der Waals surface area contributed by atoms with Crippen LogP contribution in [0.4, 0.5) is 17.1 Å². The van der Waals surface area contributed by atoms with Crippen molar-refractivity contribution in [3.05, 3.63) is 263 Å². The van der Waals surface area contributed by atoms with Gasteiger partial charge in [-0.3, -0.25) is 0 Å². The predicted molar refractivity (Wildman–Crippen MR) is 294 cm³/mol. The number of hydrogen-bond donors (Lipinski definition) is 0. The van der Waals surface area contributed by atoms with Crippen LogP contribution >= 0.6 is 11.3 Å². The highest BCUT2D eigenvalue weighted by Gasteiger charge is 2.53. The Morgan fingerprint density at radius 3 is 1.71 bits per heavy atom. The van der Waals surface area contributed by atoms with Crippen molar-refractivity contribution in [3.8, 4) is 44.5 Å². The van der Waals surface area contributed by atoms with Crippen molar-refractivity contribution in [1.29, 1.82) is 0 Å². The average Bonchev–Trinajstić information content (AvgIpc) is 4.12. The second kappa shape index (κ2) is 14.1. The number of allylic oxidation sites excluding steroid dienone is 4. The van der Waals surface area contributed by atoms with Crippen LogP contribution < -0.4 is 4.90 Å². The Kier molecular flexibility index (Phi) is 8.26. The first-order valence-electron chi connectivity index (χ1n) is 24.2. The van der Waals surface area contributed by atoms with Crippen LogP contribution in [-0.2, 0) is 16.2 Å². The molecule has 1 aromatic heterocycles. The van der Waals surface area contributed by atoms with Crippen molar-refractivity contribution in [2.75, 3.05) is 4.90 Å². The fourth-order valence-electron chi connectivity index (χ4n) is 13.4. The van der Waals surface area contributed by atoms with Crippen LogP contribution in [0, 0.1) is 0 Å². The van der Waals surface area contributed by atoms with Crippen molar-refractivity contribution in [2.24, 2.45) is 0 Å². The first kappa shape index (κ1) is 40.3. The van der Waals surface area contributed by atoms with Gasteiger partial charge in [0.25, 0.3) is 0 Å². The fraction of sp³-hybridized carbons (Fsp3) is 0.104. The van der Waals surface area contributed by atoms with Gasteiger partial charge in [0.15, 0.2) is 0 Å². The van der Waals surface area contributed by atoms with Crippen LogP contribution in [0.25, 0.3) is 70.3 Å². The maximum Gasteiger partial charge on any atom is 0.0732 e. The molecule has 0 aliphatic heterocycles. The molecule has 69 heavy (non-hydrogen) atoms. The number of fused-ring (bicyclic) bond motifs is 18. The number of hydrogen-bond acceptors (Lipinski definition) is 2. The monoisotopic (exact) mass is 899 g/mol. The molecule has 4 aliphatic rings. The van der Waals surface area contributed by atoms with E-state index >= 15 is 0 Å². The molecule has 0 amide bonds. The molecule has 4 aliphatic carbocycles. The number of anilines is 3. The number of thiophene rings is 1. The van der Waals surface area contributed by atoms with Crippen molar-refractivity contribution < 1.29 is 0 Å². The lowest BCUT2D eigenvalue weighted by Crippen LogP contribution is -2.26. The molecule has 0 radical (unpaired) electrons. The summed E-state index contributed by atoms with van der Waals surface area (Å²) < 4.78 is 2.70. The van der Waals surface area contributed by atoms with Crippen molar-refractivity contribution >= 4 is 54.1 Å². The summed E-state index contributed by atoms with van der Waals surface area (Å²) in [6.07, 6.45) is 4.01. The molecule has 0 saturated heterocycles. The lowest BCUT2D eigenvalue weighted by Gasteiger charge is -2.32. The van der Waals surface area contributed by atoms with E-state index in [0.29, 0.717) is 0 Å². The summed E-state index contributed by atoms with van der Waals surface area (Å²) >= 11 is 1.93. The van der Waals surface area contributed by atoms with E-state index in [0.717, 1.165) is 17.1 Å². The Balaban J connectivity index is 0.965. The first-order valence-corrected chi connectivity index (χ1v) is 25.1. The Hall–Kier alpha value is -7.78. The SMILES string of the molecule is C=CC1=C(C=C)C(C)(C)c2cc(N(c3ccc(-c4cccc5c4C4(c6ccccc6-5)c5ccccc5-c5c4ccc4c5sc5ccccc54)cc3)c3ccc4c(c3)C(C)(C)c3ccccc3-4)ccc21. The van der Waals surface area contributed by atoms with Crippen molar-refractivity contribution in [1.82, 2.24) is 0 Å². The lowest BCUT2D eigenvalue weighted by molar-refractivity contribution is 0.654. The highest BCUT2D eigenvalue weighted by Crippen LogP contribution is 2.66. The minimum absolute atomic E-state index is 0.138. The molecule has 1 spiro atoms. The van der Waals surface area contributed by atoms with Crippen LogP contribution in [0.2, 0.25) is 0 Å². The molecule has 1 nitrogen and oxygen atoms in total. The largest absolute Gasteiger partial charge is 0.310 e. The molecule has 0 bridgehead atoms. The summed E-state index contributed by atoms with van der Waals surface area (Å²) in [5, 5.41) is 2.67. The molecular formula is C67H49NS. The van der Waals surface area contributed by atoms with E-state index in [2.05, 4.69) is 234 Å². The Morgan fingerprint density at radius 1 is 0.420 bits per heavy atom. The maximum absolute atomic E-state index is 4.25. The van der Waals surface area contributed by atoms with Gasteiger partial charge in [0.2, 0.25) is 0 Å². The number of nitrogens with zero attached hydrogens (tertiary/aromatic N) is 1. The lowest BCUT2D eigenvalue weighted by atomic mass is 9.68. The van der Waals surface area contributed by atoms with Crippen LogP contribution in [0.5, 0.6) is 0 Å². The van der Waals surface area contributed by atoms with Crippen LogP contribution in [-0.4, -0.2) is 0 Å². The van der Waals surface area contributed by atoms with Crippen LogP contribution in [0.15, 0.2) is 219 Å². The number of rotatable bonds is 6. The zero-order valence-electron chi connectivity index (χ0n) is 39.3. The summed E-state index contributed by atoms with van der Waals surface area (Å²) in [4.78, 5) is 2.46. The highest BCUT2D eigenvalue weighted by atomic mass is 32.1. The van der Waals surface area contributed by atoms with E-state index in [1.807, 2.05) is 23.5 Å². The average molecular weight is 900 g/mol. The van der Waals surface area contributed by atoms with Crippen LogP contribution in [0.1, 0.15) is 72.2 Å². The van der Waals surface area contributed by atoms with Crippen LogP contribution in [0.3, 0.4) is 0 Å². The minimum Gasteiger partial charge on any atom is -0.310 e. The molecule has 9 aromatic carbocycles. The molecule has 14 rings (SSSR count). The predicted octanol–water partition coefficient (Wildman–Crippen LogP) is 18.3. The van der Waals surface area contributed by atoms with E-state index < -0.39 is 5.41 Å². The summed E-state index contributed by atoms with van der Waals surface area (Å²) in [5.41, 5.74) is 26.0. The molecular weight excluding hydrogens is 851 g/mol. The Labute approximate surface area is 408 Å². The van der Waals surface area contributed by atoms with Gasteiger partial charge in [-0.25, -0.2) is 0 Å². The second-order valence-electron chi connectivity index (χ2n) is 20.4. The third-order valence-electron chi connectivity index (χ3n) is 16.5. The highest BCUT2D eigenvalue weighted by molar-refractivity contribution is 7.26. The third-order valence-corrected chi connectivity index (χ3v) is 17.7. The van der Waals surface area contributed by atoms with Gasteiger partial charge in [-0.05, 0) is 137 Å². The van der Waals surface area contributed by atoms with Gasteiger partial charge >= 0.3 is 0 Å². The molecule has 0 saturated carbocycles. The zero-order chi connectivity index (χ0) is 46.6. The second-order valence-corrected chi connectivity index (χ2v) is 21.5. The smallest absolute Gasteiger partial charge is 0.0732 e. The van der Waals surface area contributed by atoms with E-state index in [-0.39, 0.29) is 10.8 Å². The normalized spacial score (nSPS) is 17.0. The van der Waals surface area contributed by atoms with Gasteiger partial charge in [-0.15, -0.1) is 11.3 Å². The molecule has 328 valence electrons. The molecule has 1 unspecified atom stereocenters. The van der Waals surface area contributed by atoms with Gasteiger partial charge in [-0.2, -0.15) is 0 Å². The molecule has 0 fully saturated rings. The zero-order valence-corrected chi connectivity index (χ0v) is 40.1. The minimum atomic E-state index is -0.488. The van der Waals surface area contributed by atoms with E-state index in [9.17, 15) is 0 Å². The van der Waals surface area contributed by atoms with E-state index in [1.54, 1.807) is 0 Å². The summed E-state index contributed by atoms with van der Waals surface area (Å²) in [6.45, 7) is 17.9. The summed E-state index contributed by atoms with van der Waals surface area (Å²) in [5.74, 6) is 0. The van der Waals surface area contributed by atoms with E-state index in [4.69, 9.17) is 0 Å². The first-order chi connectivity index (χ1) is 33.7. The molecule has 1 atom stereocenters. The summed E-state index contributed by atoms with van der Waals surface area (Å²) in [6, 6.07) is 71.6. The fourth-order valence-corrected chi connectivity index (χ4v) is 14.7. The van der Waals surface area contributed by atoms with Crippen molar-refractivity contribution in [2.45, 2.75) is 43.9 Å². The van der Waals surface area contributed by atoms with Gasteiger partial charge in [0.05, 0.1) is 5.41 Å². The molecule has 0 N–H and O–H groups in total. The van der Waals surface area contributed by atoms with E-state index in [1.165, 1.54) is 120 Å². The van der Waals surface area contributed by atoms with Crippen molar-refractivity contribution in [3.63, 3.8) is 0 Å². The molecule has 1 heterocycles.